The minimum atomic E-state index is -0.157. The molecule has 2 aromatic rings. The van der Waals surface area contributed by atoms with Crippen LogP contribution in [0.25, 0.3) is 0 Å². The van der Waals surface area contributed by atoms with Crippen LogP contribution in [0.4, 0.5) is 0 Å². The van der Waals surface area contributed by atoms with Crippen LogP contribution in [0, 0.1) is 0 Å². The summed E-state index contributed by atoms with van der Waals surface area (Å²) in [5, 5.41) is 2.92. The Hall–Kier alpha value is -2.57. The molecule has 1 amide bonds. The average Bonchev–Trinajstić information content (AvgIpc) is 3.24. The Morgan fingerprint density at radius 3 is 2.66 bits per heavy atom. The SMILES string of the molecule is O=C(COc1ccccc1OCc1ccccc1)NCC1CN2CCCC2CO1. The average molecular weight is 396 g/mol. The Kier molecular flexibility index (Phi) is 6.64. The van der Waals surface area contributed by atoms with E-state index in [1.807, 2.05) is 54.6 Å². The van der Waals surface area contributed by atoms with Crippen molar-refractivity contribution in [1.29, 1.82) is 0 Å². The second-order valence-electron chi connectivity index (χ2n) is 7.56. The maximum absolute atomic E-state index is 12.2. The summed E-state index contributed by atoms with van der Waals surface area (Å²) < 4.78 is 17.5. The monoisotopic (exact) mass is 396 g/mol. The van der Waals surface area contributed by atoms with Crippen LogP contribution in [0.1, 0.15) is 18.4 Å². The van der Waals surface area contributed by atoms with Crippen molar-refractivity contribution in [3.8, 4) is 11.5 Å². The Bertz CT molecular complexity index is 798. The number of hydrogen-bond acceptors (Lipinski definition) is 5. The minimum absolute atomic E-state index is 0.0507. The fourth-order valence-corrected chi connectivity index (χ4v) is 3.86. The van der Waals surface area contributed by atoms with Crippen LogP contribution in [-0.2, 0) is 16.1 Å². The van der Waals surface area contributed by atoms with Crippen molar-refractivity contribution in [1.82, 2.24) is 10.2 Å². The Morgan fingerprint density at radius 2 is 1.83 bits per heavy atom. The predicted molar refractivity (Wildman–Crippen MR) is 110 cm³/mol. The van der Waals surface area contributed by atoms with Crippen molar-refractivity contribution >= 4 is 5.91 Å². The standard InChI is InChI=1S/C23H28N2O4/c26-23(24-13-20-14-25-12-6-9-19(25)16-27-20)17-29-22-11-5-4-10-21(22)28-15-18-7-2-1-3-8-18/h1-5,7-8,10-11,19-20H,6,9,12-17H2,(H,24,26). The number of para-hydroxylation sites is 2. The first-order valence-electron chi connectivity index (χ1n) is 10.3. The lowest BCUT2D eigenvalue weighted by molar-refractivity contribution is -0.124. The van der Waals surface area contributed by atoms with Gasteiger partial charge in [0.05, 0.1) is 12.7 Å². The molecule has 154 valence electrons. The number of nitrogens with zero attached hydrogens (tertiary/aromatic N) is 1. The Balaban J connectivity index is 1.22. The topological polar surface area (TPSA) is 60.0 Å². The van der Waals surface area contributed by atoms with Gasteiger partial charge in [-0.15, -0.1) is 0 Å². The van der Waals surface area contributed by atoms with E-state index >= 15 is 0 Å². The van der Waals surface area contributed by atoms with Gasteiger partial charge in [0.2, 0.25) is 0 Å². The molecule has 2 fully saturated rings. The third-order valence-electron chi connectivity index (χ3n) is 5.43. The highest BCUT2D eigenvalue weighted by Crippen LogP contribution is 2.27. The lowest BCUT2D eigenvalue weighted by Gasteiger charge is -2.35. The molecule has 0 aliphatic carbocycles. The first-order valence-corrected chi connectivity index (χ1v) is 10.3. The lowest BCUT2D eigenvalue weighted by Crippen LogP contribution is -2.50. The van der Waals surface area contributed by atoms with E-state index in [9.17, 15) is 4.79 Å². The molecular weight excluding hydrogens is 368 g/mol. The van der Waals surface area contributed by atoms with E-state index < -0.39 is 0 Å². The van der Waals surface area contributed by atoms with Crippen LogP contribution in [0.3, 0.4) is 0 Å². The van der Waals surface area contributed by atoms with Gasteiger partial charge in [0.15, 0.2) is 18.1 Å². The third kappa shape index (κ3) is 5.49. The van der Waals surface area contributed by atoms with Crippen LogP contribution >= 0.6 is 0 Å². The smallest absolute Gasteiger partial charge is 0.258 e. The summed E-state index contributed by atoms with van der Waals surface area (Å²) in [4.78, 5) is 14.7. The first-order chi connectivity index (χ1) is 14.3. The maximum atomic E-state index is 12.2. The van der Waals surface area contributed by atoms with Gasteiger partial charge in [0.25, 0.3) is 5.91 Å². The third-order valence-corrected chi connectivity index (χ3v) is 5.43. The highest BCUT2D eigenvalue weighted by molar-refractivity contribution is 5.77. The molecule has 0 saturated carbocycles. The molecule has 2 saturated heterocycles. The molecule has 2 unspecified atom stereocenters. The molecule has 6 heteroatoms. The summed E-state index contributed by atoms with van der Waals surface area (Å²) in [5.74, 6) is 1.03. The molecule has 0 aromatic heterocycles. The van der Waals surface area contributed by atoms with Crippen molar-refractivity contribution in [3.63, 3.8) is 0 Å². The minimum Gasteiger partial charge on any atom is -0.485 e. The van der Waals surface area contributed by atoms with Gasteiger partial charge in [-0.2, -0.15) is 0 Å². The molecule has 0 radical (unpaired) electrons. The van der Waals surface area contributed by atoms with Crippen LogP contribution in [-0.4, -0.2) is 55.8 Å². The highest BCUT2D eigenvalue weighted by atomic mass is 16.5. The number of benzene rings is 2. The molecule has 1 N–H and O–H groups in total. The number of ether oxygens (including phenoxy) is 3. The Labute approximate surface area is 171 Å². The summed E-state index contributed by atoms with van der Waals surface area (Å²) in [5.41, 5.74) is 1.08. The number of carbonyl (C=O) groups excluding carboxylic acids is 1. The summed E-state index contributed by atoms with van der Waals surface area (Å²) in [6.45, 7) is 3.71. The molecule has 2 heterocycles. The molecule has 6 nitrogen and oxygen atoms in total. The van der Waals surface area contributed by atoms with Crippen molar-refractivity contribution in [2.45, 2.75) is 31.6 Å². The number of nitrogens with one attached hydrogen (secondary N) is 1. The van der Waals surface area contributed by atoms with Gasteiger partial charge in [-0.3, -0.25) is 9.69 Å². The molecule has 4 rings (SSSR count). The van der Waals surface area contributed by atoms with E-state index in [0.29, 0.717) is 30.7 Å². The van der Waals surface area contributed by atoms with Gasteiger partial charge in [-0.05, 0) is 37.1 Å². The van der Waals surface area contributed by atoms with E-state index in [-0.39, 0.29) is 18.6 Å². The number of hydrogen-bond donors (Lipinski definition) is 1. The van der Waals surface area contributed by atoms with E-state index in [1.165, 1.54) is 12.8 Å². The van der Waals surface area contributed by atoms with Crippen LogP contribution < -0.4 is 14.8 Å². The lowest BCUT2D eigenvalue weighted by atomic mass is 10.2. The second kappa shape index (κ2) is 9.76. The largest absolute Gasteiger partial charge is 0.485 e. The number of morpholine rings is 1. The zero-order valence-electron chi connectivity index (χ0n) is 16.6. The summed E-state index contributed by atoms with van der Waals surface area (Å²) >= 11 is 0. The van der Waals surface area contributed by atoms with E-state index in [0.717, 1.165) is 25.3 Å². The summed E-state index contributed by atoms with van der Waals surface area (Å²) in [6.07, 6.45) is 2.51. The van der Waals surface area contributed by atoms with E-state index in [1.54, 1.807) is 0 Å². The van der Waals surface area contributed by atoms with Crippen molar-refractivity contribution in [2.75, 3.05) is 32.8 Å². The van der Waals surface area contributed by atoms with Crippen LogP contribution in [0.15, 0.2) is 54.6 Å². The molecule has 2 aliphatic rings. The molecule has 2 aromatic carbocycles. The van der Waals surface area contributed by atoms with Crippen LogP contribution in [0.5, 0.6) is 11.5 Å². The van der Waals surface area contributed by atoms with Crippen molar-refractivity contribution < 1.29 is 19.0 Å². The number of fused-ring (bicyclic) bond motifs is 1. The zero-order valence-corrected chi connectivity index (χ0v) is 16.6. The van der Waals surface area contributed by atoms with Gasteiger partial charge in [0.1, 0.15) is 6.61 Å². The molecule has 0 spiro atoms. The maximum Gasteiger partial charge on any atom is 0.258 e. The van der Waals surface area contributed by atoms with Gasteiger partial charge in [-0.25, -0.2) is 0 Å². The highest BCUT2D eigenvalue weighted by Gasteiger charge is 2.32. The van der Waals surface area contributed by atoms with Gasteiger partial charge in [-0.1, -0.05) is 42.5 Å². The predicted octanol–water partition coefficient (Wildman–Crippen LogP) is 2.62. The fourth-order valence-electron chi connectivity index (χ4n) is 3.86. The van der Waals surface area contributed by atoms with Crippen molar-refractivity contribution in [2.24, 2.45) is 0 Å². The second-order valence-corrected chi connectivity index (χ2v) is 7.56. The number of amides is 1. The molecule has 2 aliphatic heterocycles. The van der Waals surface area contributed by atoms with Gasteiger partial charge >= 0.3 is 0 Å². The molecule has 2 atom stereocenters. The van der Waals surface area contributed by atoms with E-state index in [2.05, 4.69) is 10.2 Å². The van der Waals surface area contributed by atoms with Gasteiger partial charge < -0.3 is 19.5 Å². The van der Waals surface area contributed by atoms with Gasteiger partial charge in [0, 0.05) is 19.1 Å². The number of rotatable bonds is 8. The summed E-state index contributed by atoms with van der Waals surface area (Å²) in [6, 6.07) is 17.9. The fraction of sp³-hybridized carbons (Fsp3) is 0.435. The van der Waals surface area contributed by atoms with Crippen molar-refractivity contribution in [3.05, 3.63) is 60.2 Å². The number of carbonyl (C=O) groups is 1. The molecule has 29 heavy (non-hydrogen) atoms. The zero-order chi connectivity index (χ0) is 19.9. The summed E-state index contributed by atoms with van der Waals surface area (Å²) in [7, 11) is 0. The normalized spacial score (nSPS) is 21.4. The Morgan fingerprint density at radius 1 is 1.07 bits per heavy atom. The molecule has 0 bridgehead atoms. The quantitative estimate of drug-likeness (QED) is 0.743. The van der Waals surface area contributed by atoms with E-state index in [4.69, 9.17) is 14.2 Å². The first kappa shape index (κ1) is 19.7. The van der Waals surface area contributed by atoms with Crippen LogP contribution in [0.2, 0.25) is 0 Å². The molecular formula is C23H28N2O4.